The number of hydrogen-bond acceptors (Lipinski definition) is 1. The van der Waals surface area contributed by atoms with Gasteiger partial charge in [-0.05, 0) is 19.0 Å². The second-order valence-corrected chi connectivity index (χ2v) is 3.59. The summed E-state index contributed by atoms with van der Waals surface area (Å²) < 4.78 is 64.0. The maximum atomic E-state index is 13.3. The van der Waals surface area contributed by atoms with Gasteiger partial charge in [-0.2, -0.15) is 13.2 Å². The van der Waals surface area contributed by atoms with Crippen molar-refractivity contribution in [2.75, 3.05) is 6.54 Å². The molecule has 17 heavy (non-hydrogen) atoms. The summed E-state index contributed by atoms with van der Waals surface area (Å²) in [6.45, 7) is 1.79. The molecule has 1 atom stereocenters. The molecule has 0 aliphatic rings. The highest BCUT2D eigenvalue weighted by molar-refractivity contribution is 5.23. The van der Waals surface area contributed by atoms with Crippen molar-refractivity contribution in [3.8, 4) is 0 Å². The van der Waals surface area contributed by atoms with Crippen LogP contribution in [0.4, 0.5) is 22.0 Å². The third kappa shape index (κ3) is 3.66. The van der Waals surface area contributed by atoms with E-state index < -0.39 is 29.4 Å². The molecule has 0 spiro atoms. The van der Waals surface area contributed by atoms with E-state index in [1.807, 2.05) is 0 Å². The molecule has 0 aromatic heterocycles. The van der Waals surface area contributed by atoms with Crippen LogP contribution < -0.4 is 5.32 Å². The summed E-state index contributed by atoms with van der Waals surface area (Å²) in [5.74, 6) is -2.10. The van der Waals surface area contributed by atoms with Gasteiger partial charge in [0.05, 0.1) is 0 Å². The quantitative estimate of drug-likeness (QED) is 0.809. The fraction of sp³-hybridized carbons (Fsp3) is 0.455. The smallest absolute Gasteiger partial charge is 0.302 e. The normalized spacial score (nSPS) is 13.8. The van der Waals surface area contributed by atoms with Crippen LogP contribution in [0.5, 0.6) is 0 Å². The van der Waals surface area contributed by atoms with Crippen LogP contribution in [0.15, 0.2) is 18.2 Å². The van der Waals surface area contributed by atoms with E-state index in [0.29, 0.717) is 12.5 Å². The van der Waals surface area contributed by atoms with Crippen LogP contribution >= 0.6 is 0 Å². The van der Waals surface area contributed by atoms with Crippen molar-refractivity contribution in [3.63, 3.8) is 0 Å². The Kier molecular flexibility index (Phi) is 4.45. The van der Waals surface area contributed by atoms with E-state index in [4.69, 9.17) is 0 Å². The second-order valence-electron chi connectivity index (χ2n) is 3.59. The van der Waals surface area contributed by atoms with Gasteiger partial charge < -0.3 is 5.32 Å². The average Bonchev–Trinajstić information content (AvgIpc) is 2.19. The van der Waals surface area contributed by atoms with Crippen molar-refractivity contribution < 1.29 is 22.0 Å². The average molecular weight is 253 g/mol. The minimum absolute atomic E-state index is 0.0982. The number of hydrogen-bond donors (Lipinski definition) is 1. The van der Waals surface area contributed by atoms with Gasteiger partial charge in [0.25, 0.3) is 0 Å². The molecule has 1 rings (SSSR count). The van der Waals surface area contributed by atoms with Gasteiger partial charge in [-0.15, -0.1) is 0 Å². The largest absolute Gasteiger partial charge is 0.408 e. The topological polar surface area (TPSA) is 12.0 Å². The molecule has 0 radical (unpaired) electrons. The number of rotatable bonds is 4. The summed E-state index contributed by atoms with van der Waals surface area (Å²) in [6.07, 6.45) is -4.14. The van der Waals surface area contributed by atoms with Crippen LogP contribution in [0.1, 0.15) is 24.9 Å². The highest BCUT2D eigenvalue weighted by Gasteiger charge is 2.41. The molecule has 6 heteroatoms. The third-order valence-electron chi connectivity index (χ3n) is 2.20. The van der Waals surface area contributed by atoms with Crippen molar-refractivity contribution in [1.82, 2.24) is 5.32 Å². The van der Waals surface area contributed by atoms with Gasteiger partial charge in [-0.25, -0.2) is 8.78 Å². The predicted molar refractivity (Wildman–Crippen MR) is 53.4 cm³/mol. The Balaban J connectivity index is 3.04. The van der Waals surface area contributed by atoms with Crippen molar-refractivity contribution in [3.05, 3.63) is 35.4 Å². The molecule has 1 unspecified atom stereocenters. The molecule has 0 amide bonds. The van der Waals surface area contributed by atoms with E-state index in [0.717, 1.165) is 12.1 Å². The van der Waals surface area contributed by atoms with E-state index >= 15 is 0 Å². The second kappa shape index (κ2) is 5.44. The summed E-state index contributed by atoms with van der Waals surface area (Å²) in [4.78, 5) is 0. The number of nitrogens with one attached hydrogen (secondary N) is 1. The lowest BCUT2D eigenvalue weighted by Gasteiger charge is -2.22. The Bertz CT molecular complexity index is 375. The van der Waals surface area contributed by atoms with Gasteiger partial charge >= 0.3 is 6.18 Å². The molecular weight excluding hydrogens is 241 g/mol. The third-order valence-corrected chi connectivity index (χ3v) is 2.20. The number of halogens is 5. The number of benzene rings is 1. The molecule has 1 nitrogen and oxygen atoms in total. The SMILES string of the molecule is CCCNC(c1ccc(F)cc1F)C(F)(F)F. The Hall–Kier alpha value is -1.17. The van der Waals surface area contributed by atoms with Gasteiger partial charge in [0, 0.05) is 11.6 Å². The molecule has 0 saturated carbocycles. The molecule has 0 aliphatic carbocycles. The fourth-order valence-corrected chi connectivity index (χ4v) is 1.43. The predicted octanol–water partition coefficient (Wildman–Crippen LogP) is 3.57. The van der Waals surface area contributed by atoms with Crippen molar-refractivity contribution in [2.24, 2.45) is 0 Å². The fourth-order valence-electron chi connectivity index (χ4n) is 1.43. The standard InChI is InChI=1S/C11H12F5N/c1-2-5-17-10(11(14,15)16)8-4-3-7(12)6-9(8)13/h3-4,6,10,17H,2,5H2,1H3. The van der Waals surface area contributed by atoms with E-state index in [9.17, 15) is 22.0 Å². The first-order valence-corrected chi connectivity index (χ1v) is 5.11. The van der Waals surface area contributed by atoms with Crippen LogP contribution in [0.25, 0.3) is 0 Å². The Morgan fingerprint density at radius 1 is 1.24 bits per heavy atom. The molecule has 0 bridgehead atoms. The first-order chi connectivity index (χ1) is 7.86. The zero-order chi connectivity index (χ0) is 13.1. The maximum Gasteiger partial charge on any atom is 0.408 e. The van der Waals surface area contributed by atoms with Gasteiger partial charge in [-0.1, -0.05) is 13.0 Å². The van der Waals surface area contributed by atoms with Gasteiger partial charge in [0.2, 0.25) is 0 Å². The lowest BCUT2D eigenvalue weighted by Crippen LogP contribution is -2.35. The first-order valence-electron chi connectivity index (χ1n) is 5.11. The summed E-state index contributed by atoms with van der Waals surface area (Å²) in [5, 5.41) is 2.20. The van der Waals surface area contributed by atoms with Gasteiger partial charge in [0.1, 0.15) is 17.7 Å². The molecular formula is C11H12F5N. The van der Waals surface area contributed by atoms with Crippen LogP contribution in [0.2, 0.25) is 0 Å². The number of alkyl halides is 3. The summed E-state index contributed by atoms with van der Waals surface area (Å²) in [5.41, 5.74) is -0.590. The van der Waals surface area contributed by atoms with E-state index in [-0.39, 0.29) is 6.54 Å². The molecule has 0 aliphatic heterocycles. The van der Waals surface area contributed by atoms with Gasteiger partial charge in [0.15, 0.2) is 0 Å². The van der Waals surface area contributed by atoms with Crippen LogP contribution in [0.3, 0.4) is 0 Å². The minimum Gasteiger partial charge on any atom is -0.302 e. The maximum absolute atomic E-state index is 13.3. The zero-order valence-corrected chi connectivity index (χ0v) is 9.11. The Morgan fingerprint density at radius 3 is 2.35 bits per heavy atom. The van der Waals surface area contributed by atoms with E-state index in [1.54, 1.807) is 6.92 Å². The molecule has 0 fully saturated rings. The monoisotopic (exact) mass is 253 g/mol. The van der Waals surface area contributed by atoms with Crippen LogP contribution in [0, 0.1) is 11.6 Å². The summed E-state index contributed by atoms with van der Waals surface area (Å²) in [6, 6.07) is -0.0409. The molecule has 1 N–H and O–H groups in total. The van der Waals surface area contributed by atoms with Crippen molar-refractivity contribution >= 4 is 0 Å². The first kappa shape index (κ1) is 13.9. The zero-order valence-electron chi connectivity index (χ0n) is 9.11. The lowest BCUT2D eigenvalue weighted by molar-refractivity contribution is -0.158. The van der Waals surface area contributed by atoms with Crippen molar-refractivity contribution in [2.45, 2.75) is 25.6 Å². The highest BCUT2D eigenvalue weighted by Crippen LogP contribution is 2.34. The Labute approximate surface area is 95.6 Å². The molecule has 0 heterocycles. The summed E-state index contributed by atoms with van der Waals surface area (Å²) >= 11 is 0. The minimum atomic E-state index is -4.62. The molecule has 1 aromatic carbocycles. The van der Waals surface area contributed by atoms with Crippen molar-refractivity contribution in [1.29, 1.82) is 0 Å². The molecule has 1 aromatic rings. The van der Waals surface area contributed by atoms with E-state index in [2.05, 4.69) is 5.32 Å². The molecule has 96 valence electrons. The Morgan fingerprint density at radius 2 is 1.88 bits per heavy atom. The van der Waals surface area contributed by atoms with Crippen LogP contribution in [-0.2, 0) is 0 Å². The van der Waals surface area contributed by atoms with Gasteiger partial charge in [-0.3, -0.25) is 0 Å². The van der Waals surface area contributed by atoms with Crippen LogP contribution in [-0.4, -0.2) is 12.7 Å². The van der Waals surface area contributed by atoms with E-state index in [1.165, 1.54) is 0 Å². The highest BCUT2D eigenvalue weighted by atomic mass is 19.4. The molecule has 0 saturated heterocycles. The summed E-state index contributed by atoms with van der Waals surface area (Å²) in [7, 11) is 0. The lowest BCUT2D eigenvalue weighted by atomic mass is 10.1.